The van der Waals surface area contributed by atoms with Crippen molar-refractivity contribution in [2.24, 2.45) is 11.7 Å². The van der Waals surface area contributed by atoms with Crippen molar-refractivity contribution in [2.75, 3.05) is 0 Å². The molecule has 0 radical (unpaired) electrons. The molecule has 0 saturated carbocycles. The number of halogens is 1. The Hall–Kier alpha value is -0.130. The molecule has 2 nitrogen and oxygen atoms in total. The van der Waals surface area contributed by atoms with Gasteiger partial charge in [0.15, 0.2) is 0 Å². The zero-order valence-electron chi connectivity index (χ0n) is 9.86. The third kappa shape index (κ3) is 4.39. The summed E-state index contributed by atoms with van der Waals surface area (Å²) in [6.45, 7) is 4.31. The van der Waals surface area contributed by atoms with Gasteiger partial charge in [0.1, 0.15) is 0 Å². The number of benzene rings is 1. The van der Waals surface area contributed by atoms with Crippen LogP contribution in [-0.4, -0.2) is 11.2 Å². The molecule has 1 rings (SSSR count). The number of rotatable bonds is 5. The van der Waals surface area contributed by atoms with Crippen molar-refractivity contribution in [3.63, 3.8) is 0 Å². The zero-order chi connectivity index (χ0) is 12.1. The second-order valence-electron chi connectivity index (χ2n) is 4.62. The lowest BCUT2D eigenvalue weighted by Crippen LogP contribution is -2.26. The first-order valence-corrected chi connectivity index (χ1v) is 6.77. The van der Waals surface area contributed by atoms with Crippen LogP contribution in [0.25, 0.3) is 0 Å². The van der Waals surface area contributed by atoms with Gasteiger partial charge < -0.3 is 10.8 Å². The summed E-state index contributed by atoms with van der Waals surface area (Å²) in [5.74, 6) is 0.610. The van der Waals surface area contributed by atoms with Gasteiger partial charge in [-0.2, -0.15) is 0 Å². The molecule has 16 heavy (non-hydrogen) atoms. The molecule has 0 fully saturated rings. The molecule has 2 atom stereocenters. The van der Waals surface area contributed by atoms with E-state index in [2.05, 4.69) is 36.4 Å². The highest BCUT2D eigenvalue weighted by molar-refractivity contribution is 14.1. The molecule has 0 heterocycles. The third-order valence-electron chi connectivity index (χ3n) is 2.71. The summed E-state index contributed by atoms with van der Waals surface area (Å²) in [5.41, 5.74) is 7.03. The maximum absolute atomic E-state index is 9.96. The summed E-state index contributed by atoms with van der Waals surface area (Å²) in [6, 6.07) is 7.75. The molecule has 0 aromatic heterocycles. The van der Waals surface area contributed by atoms with Crippen LogP contribution in [0.5, 0.6) is 0 Å². The topological polar surface area (TPSA) is 46.2 Å². The highest BCUT2D eigenvalue weighted by Gasteiger charge is 2.16. The highest BCUT2D eigenvalue weighted by atomic mass is 127. The van der Waals surface area contributed by atoms with Crippen molar-refractivity contribution in [2.45, 2.75) is 38.8 Å². The normalized spacial score (nSPS) is 15.1. The molecule has 1 aromatic carbocycles. The summed E-state index contributed by atoms with van der Waals surface area (Å²) in [5, 5.41) is 9.96. The minimum atomic E-state index is -0.442. The summed E-state index contributed by atoms with van der Waals surface area (Å²) < 4.78 is 1.19. The van der Waals surface area contributed by atoms with E-state index in [1.165, 1.54) is 3.57 Å². The van der Waals surface area contributed by atoms with E-state index in [1.54, 1.807) is 0 Å². The van der Waals surface area contributed by atoms with Crippen LogP contribution in [0.1, 0.15) is 38.3 Å². The van der Waals surface area contributed by atoms with Crippen LogP contribution in [-0.2, 0) is 0 Å². The number of nitrogens with two attached hydrogens (primary N) is 1. The van der Waals surface area contributed by atoms with Crippen molar-refractivity contribution < 1.29 is 5.11 Å². The second-order valence-corrected chi connectivity index (χ2v) is 5.86. The molecule has 0 aliphatic carbocycles. The molecule has 0 amide bonds. The Morgan fingerprint density at radius 3 is 2.25 bits per heavy atom. The van der Waals surface area contributed by atoms with Crippen LogP contribution in [0.2, 0.25) is 0 Å². The van der Waals surface area contributed by atoms with Gasteiger partial charge in [0.25, 0.3) is 0 Å². The van der Waals surface area contributed by atoms with Crippen LogP contribution >= 0.6 is 22.6 Å². The van der Waals surface area contributed by atoms with Crippen molar-refractivity contribution in [1.29, 1.82) is 0 Å². The molecule has 0 unspecified atom stereocenters. The van der Waals surface area contributed by atoms with Crippen molar-refractivity contribution in [1.82, 2.24) is 0 Å². The molecule has 0 aliphatic rings. The Labute approximate surface area is 111 Å². The quantitative estimate of drug-likeness (QED) is 0.814. The fourth-order valence-electron chi connectivity index (χ4n) is 1.59. The third-order valence-corrected chi connectivity index (χ3v) is 3.43. The maximum Gasteiger partial charge on any atom is 0.0732 e. The van der Waals surface area contributed by atoms with Crippen LogP contribution in [0.3, 0.4) is 0 Å². The number of aliphatic hydroxyl groups excluding tert-OH is 1. The second kappa shape index (κ2) is 6.57. The molecule has 0 bridgehead atoms. The summed E-state index contributed by atoms with van der Waals surface area (Å²) in [7, 11) is 0. The van der Waals surface area contributed by atoms with Gasteiger partial charge in [0.2, 0.25) is 0 Å². The van der Waals surface area contributed by atoms with E-state index in [9.17, 15) is 5.11 Å². The van der Waals surface area contributed by atoms with Crippen molar-refractivity contribution in [3.05, 3.63) is 33.4 Å². The summed E-state index contributed by atoms with van der Waals surface area (Å²) in [4.78, 5) is 0. The maximum atomic E-state index is 9.96. The average molecular weight is 333 g/mol. The Kier molecular flexibility index (Phi) is 5.72. The van der Waals surface area contributed by atoms with Gasteiger partial charge in [-0.15, -0.1) is 0 Å². The van der Waals surface area contributed by atoms with E-state index in [4.69, 9.17) is 5.73 Å². The predicted molar refractivity (Wildman–Crippen MR) is 76.2 cm³/mol. The Morgan fingerprint density at radius 1 is 1.19 bits per heavy atom. The van der Waals surface area contributed by atoms with E-state index in [-0.39, 0.29) is 6.04 Å². The van der Waals surface area contributed by atoms with E-state index < -0.39 is 6.10 Å². The van der Waals surface area contributed by atoms with Gasteiger partial charge in [-0.05, 0) is 59.0 Å². The monoisotopic (exact) mass is 333 g/mol. The molecule has 3 heteroatoms. The molecular formula is C13H20INO. The summed E-state index contributed by atoms with van der Waals surface area (Å²) >= 11 is 2.26. The minimum Gasteiger partial charge on any atom is -0.391 e. The van der Waals surface area contributed by atoms with Gasteiger partial charge in [-0.1, -0.05) is 26.0 Å². The summed E-state index contributed by atoms with van der Waals surface area (Å²) in [6.07, 6.45) is 1.34. The molecule has 1 aromatic rings. The Morgan fingerprint density at radius 2 is 1.75 bits per heavy atom. The molecule has 90 valence electrons. The lowest BCUT2D eigenvalue weighted by atomic mass is 9.96. The zero-order valence-corrected chi connectivity index (χ0v) is 12.0. The van der Waals surface area contributed by atoms with Gasteiger partial charge in [0, 0.05) is 3.57 Å². The molecular weight excluding hydrogens is 313 g/mol. The van der Waals surface area contributed by atoms with Gasteiger partial charge in [-0.25, -0.2) is 0 Å². The minimum absolute atomic E-state index is 0.268. The first kappa shape index (κ1) is 13.9. The van der Waals surface area contributed by atoms with E-state index >= 15 is 0 Å². The lowest BCUT2D eigenvalue weighted by molar-refractivity contribution is 0.128. The molecule has 3 N–H and O–H groups in total. The largest absolute Gasteiger partial charge is 0.391 e. The van der Waals surface area contributed by atoms with E-state index in [1.807, 2.05) is 24.3 Å². The van der Waals surface area contributed by atoms with Crippen LogP contribution in [0, 0.1) is 9.49 Å². The smallest absolute Gasteiger partial charge is 0.0732 e. The fraction of sp³-hybridized carbons (Fsp3) is 0.538. The Bertz CT molecular complexity index is 310. The lowest BCUT2D eigenvalue weighted by Gasteiger charge is -2.20. The fourth-order valence-corrected chi connectivity index (χ4v) is 1.95. The van der Waals surface area contributed by atoms with E-state index in [0.29, 0.717) is 5.92 Å². The van der Waals surface area contributed by atoms with Crippen LogP contribution in [0.15, 0.2) is 24.3 Å². The highest BCUT2D eigenvalue weighted by Crippen LogP contribution is 2.20. The van der Waals surface area contributed by atoms with E-state index in [0.717, 1.165) is 18.4 Å². The van der Waals surface area contributed by atoms with Gasteiger partial charge >= 0.3 is 0 Å². The van der Waals surface area contributed by atoms with Gasteiger partial charge in [0.05, 0.1) is 12.1 Å². The van der Waals surface area contributed by atoms with Crippen molar-refractivity contribution in [3.8, 4) is 0 Å². The molecule has 0 aliphatic heterocycles. The first-order valence-electron chi connectivity index (χ1n) is 5.70. The first-order chi connectivity index (χ1) is 7.50. The number of hydrogen-bond acceptors (Lipinski definition) is 2. The number of hydrogen-bond donors (Lipinski definition) is 2. The van der Waals surface area contributed by atoms with Crippen LogP contribution in [0.4, 0.5) is 0 Å². The molecule has 0 saturated heterocycles. The predicted octanol–water partition coefficient (Wildman–Crippen LogP) is 3.09. The SMILES string of the molecule is CC(C)CC[C@H](O)[C@H](N)c1ccc(I)cc1. The van der Waals surface area contributed by atoms with Crippen LogP contribution < -0.4 is 5.73 Å². The number of aliphatic hydroxyl groups is 1. The standard InChI is InChI=1S/C13H20INO/c1-9(2)3-8-12(16)13(15)10-4-6-11(14)7-5-10/h4-7,9,12-13,16H,3,8,15H2,1-2H3/t12-,13+/m0/s1. The van der Waals surface area contributed by atoms with Crippen molar-refractivity contribution >= 4 is 22.6 Å². The Balaban J connectivity index is 2.56. The molecule has 0 spiro atoms. The van der Waals surface area contributed by atoms with Gasteiger partial charge in [-0.3, -0.25) is 0 Å². The average Bonchev–Trinajstić information content (AvgIpc) is 2.26.